The number of ether oxygens (including phenoxy) is 2. The normalized spacial score (nSPS) is 11.3. The van der Waals surface area contributed by atoms with Gasteiger partial charge in [-0.3, -0.25) is 9.59 Å². The Bertz CT molecular complexity index is 1870. The van der Waals surface area contributed by atoms with Crippen molar-refractivity contribution in [1.82, 2.24) is 5.32 Å². The van der Waals surface area contributed by atoms with Crippen molar-refractivity contribution in [2.45, 2.75) is 38.9 Å². The summed E-state index contributed by atoms with van der Waals surface area (Å²) in [6.07, 6.45) is 0.938. The number of anilines is 1. The summed E-state index contributed by atoms with van der Waals surface area (Å²) in [6.45, 7) is 1.04. The molecule has 46 heavy (non-hydrogen) atoms. The lowest BCUT2D eigenvalue weighted by atomic mass is 10.0. The van der Waals surface area contributed by atoms with Gasteiger partial charge in [-0.05, 0) is 70.1 Å². The van der Waals surface area contributed by atoms with Crippen molar-refractivity contribution in [2.75, 3.05) is 12.0 Å². The zero-order valence-corrected chi connectivity index (χ0v) is 25.9. The van der Waals surface area contributed by atoms with Gasteiger partial charge < -0.3 is 25.4 Å². The average Bonchev–Trinajstić information content (AvgIpc) is 3.47. The van der Waals surface area contributed by atoms with E-state index >= 15 is 0 Å². The molecule has 0 bridgehead atoms. The highest BCUT2D eigenvalue weighted by Gasteiger charge is 2.23. The standard InChI is InChI=1S/C39H37N3O4/c1-45-36-15-6-3-11-30(36)25-41-38(43)19-20-39(44)42(26-28-17-18-34-31(21-28)23-29-10-2-4-13-33(29)34)35-14-5-7-16-37(35)46-32-12-8-9-27(22-32)24-40/h2-18,21-22H,19-20,23-26,40H2,1H3,(H,41,43). The van der Waals surface area contributed by atoms with Crippen molar-refractivity contribution < 1.29 is 19.1 Å². The summed E-state index contributed by atoms with van der Waals surface area (Å²) < 4.78 is 11.7. The van der Waals surface area contributed by atoms with Crippen LogP contribution in [0.15, 0.2) is 115 Å². The number of benzene rings is 5. The van der Waals surface area contributed by atoms with Gasteiger partial charge in [0.25, 0.3) is 0 Å². The summed E-state index contributed by atoms with van der Waals surface area (Å²) in [6, 6.07) is 37.5. The van der Waals surface area contributed by atoms with Crippen LogP contribution in [-0.4, -0.2) is 18.9 Å². The van der Waals surface area contributed by atoms with E-state index < -0.39 is 0 Å². The second-order valence-corrected chi connectivity index (χ2v) is 11.3. The molecule has 0 aliphatic heterocycles. The molecule has 1 aliphatic rings. The van der Waals surface area contributed by atoms with E-state index in [4.69, 9.17) is 15.2 Å². The first-order chi connectivity index (χ1) is 22.5. The Morgan fingerprint density at radius 2 is 1.52 bits per heavy atom. The van der Waals surface area contributed by atoms with Crippen LogP contribution in [0.1, 0.15) is 40.7 Å². The van der Waals surface area contributed by atoms with Gasteiger partial charge >= 0.3 is 0 Å². The summed E-state index contributed by atoms with van der Waals surface area (Å²) in [4.78, 5) is 28.6. The van der Waals surface area contributed by atoms with E-state index in [1.807, 2.05) is 72.8 Å². The van der Waals surface area contributed by atoms with Gasteiger partial charge in [-0.25, -0.2) is 0 Å². The van der Waals surface area contributed by atoms with E-state index in [9.17, 15) is 9.59 Å². The van der Waals surface area contributed by atoms with Crippen molar-refractivity contribution >= 4 is 17.5 Å². The van der Waals surface area contributed by atoms with E-state index in [0.29, 0.717) is 42.6 Å². The van der Waals surface area contributed by atoms with Gasteiger partial charge in [-0.15, -0.1) is 0 Å². The fraction of sp³-hybridized carbons (Fsp3) is 0.179. The molecular formula is C39H37N3O4. The number of hydrogen-bond donors (Lipinski definition) is 2. The molecule has 0 unspecified atom stereocenters. The molecule has 0 radical (unpaired) electrons. The Hall–Kier alpha value is -5.40. The van der Waals surface area contributed by atoms with Crippen molar-refractivity contribution in [3.05, 3.63) is 143 Å². The number of nitrogens with zero attached hydrogens (tertiary/aromatic N) is 1. The van der Waals surface area contributed by atoms with Crippen LogP contribution in [0.2, 0.25) is 0 Å². The number of carbonyl (C=O) groups is 2. The maximum atomic E-state index is 14.0. The van der Waals surface area contributed by atoms with Crippen LogP contribution in [0.4, 0.5) is 5.69 Å². The number of hydrogen-bond acceptors (Lipinski definition) is 5. The summed E-state index contributed by atoms with van der Waals surface area (Å²) in [5, 5.41) is 2.92. The number of nitrogens with two attached hydrogens (primary N) is 1. The van der Waals surface area contributed by atoms with Gasteiger partial charge in [0.15, 0.2) is 5.75 Å². The van der Waals surface area contributed by atoms with Gasteiger partial charge in [0, 0.05) is 31.5 Å². The zero-order chi connectivity index (χ0) is 31.9. The van der Waals surface area contributed by atoms with Crippen LogP contribution in [0.3, 0.4) is 0 Å². The fourth-order valence-corrected chi connectivity index (χ4v) is 5.90. The first kappa shape index (κ1) is 30.6. The van der Waals surface area contributed by atoms with Gasteiger partial charge in [-0.1, -0.05) is 84.9 Å². The van der Waals surface area contributed by atoms with E-state index in [0.717, 1.165) is 23.1 Å². The molecule has 7 nitrogen and oxygen atoms in total. The average molecular weight is 612 g/mol. The number of carbonyl (C=O) groups excluding carboxylic acids is 2. The third-order valence-electron chi connectivity index (χ3n) is 8.25. The molecule has 6 rings (SSSR count). The Labute approximate surface area is 269 Å². The monoisotopic (exact) mass is 611 g/mol. The lowest BCUT2D eigenvalue weighted by molar-refractivity contribution is -0.125. The zero-order valence-electron chi connectivity index (χ0n) is 25.9. The molecule has 0 heterocycles. The van der Waals surface area contributed by atoms with Crippen molar-refractivity contribution in [3.8, 4) is 28.4 Å². The van der Waals surface area contributed by atoms with Crippen LogP contribution < -0.4 is 25.4 Å². The van der Waals surface area contributed by atoms with Crippen LogP contribution in [0, 0.1) is 0 Å². The summed E-state index contributed by atoms with van der Waals surface area (Å²) in [7, 11) is 1.60. The van der Waals surface area contributed by atoms with Crippen LogP contribution in [-0.2, 0) is 35.6 Å². The number of methoxy groups -OCH3 is 1. The maximum Gasteiger partial charge on any atom is 0.227 e. The van der Waals surface area contributed by atoms with E-state index in [1.54, 1.807) is 12.0 Å². The first-order valence-corrected chi connectivity index (χ1v) is 15.5. The predicted molar refractivity (Wildman–Crippen MR) is 181 cm³/mol. The highest BCUT2D eigenvalue weighted by molar-refractivity contribution is 5.96. The van der Waals surface area contributed by atoms with Crippen molar-refractivity contribution in [3.63, 3.8) is 0 Å². The minimum Gasteiger partial charge on any atom is -0.496 e. The Morgan fingerprint density at radius 1 is 0.761 bits per heavy atom. The number of rotatable bonds is 12. The van der Waals surface area contributed by atoms with Gasteiger partial charge in [0.2, 0.25) is 11.8 Å². The molecule has 0 fully saturated rings. The van der Waals surface area contributed by atoms with Crippen LogP contribution >= 0.6 is 0 Å². The maximum absolute atomic E-state index is 14.0. The Morgan fingerprint density at radius 3 is 2.37 bits per heavy atom. The second kappa shape index (κ2) is 14.1. The molecule has 0 atom stereocenters. The molecular weight excluding hydrogens is 574 g/mol. The molecule has 0 saturated heterocycles. The number of fused-ring (bicyclic) bond motifs is 3. The topological polar surface area (TPSA) is 93.9 Å². The highest BCUT2D eigenvalue weighted by Crippen LogP contribution is 2.38. The van der Waals surface area contributed by atoms with E-state index in [-0.39, 0.29) is 24.7 Å². The number of amides is 2. The third-order valence-corrected chi connectivity index (χ3v) is 8.25. The first-order valence-electron chi connectivity index (χ1n) is 15.5. The molecule has 3 N–H and O–H groups in total. The van der Waals surface area contributed by atoms with Crippen molar-refractivity contribution in [1.29, 1.82) is 0 Å². The van der Waals surface area contributed by atoms with Gasteiger partial charge in [0.1, 0.15) is 11.5 Å². The van der Waals surface area contributed by atoms with Crippen LogP contribution in [0.25, 0.3) is 11.1 Å². The summed E-state index contributed by atoms with van der Waals surface area (Å²) >= 11 is 0. The third kappa shape index (κ3) is 6.95. The molecule has 5 aromatic rings. The molecule has 0 saturated carbocycles. The largest absolute Gasteiger partial charge is 0.496 e. The Kier molecular flexibility index (Phi) is 9.41. The molecule has 0 spiro atoms. The van der Waals surface area contributed by atoms with E-state index in [1.165, 1.54) is 22.3 Å². The second-order valence-electron chi connectivity index (χ2n) is 11.3. The molecule has 2 amide bonds. The summed E-state index contributed by atoms with van der Waals surface area (Å²) in [5.41, 5.74) is 14.3. The van der Waals surface area contributed by atoms with Crippen molar-refractivity contribution in [2.24, 2.45) is 5.73 Å². The number of nitrogens with one attached hydrogen (secondary N) is 1. The molecule has 7 heteroatoms. The Balaban J connectivity index is 1.23. The van der Waals surface area contributed by atoms with Crippen LogP contribution in [0.5, 0.6) is 17.2 Å². The minimum atomic E-state index is -0.211. The molecule has 0 aromatic heterocycles. The fourth-order valence-electron chi connectivity index (χ4n) is 5.90. The molecule has 5 aromatic carbocycles. The lowest BCUT2D eigenvalue weighted by Crippen LogP contribution is -2.32. The van der Waals surface area contributed by atoms with Gasteiger partial charge in [0.05, 0.1) is 19.3 Å². The van der Waals surface area contributed by atoms with E-state index in [2.05, 4.69) is 47.8 Å². The highest BCUT2D eigenvalue weighted by atomic mass is 16.5. The lowest BCUT2D eigenvalue weighted by Gasteiger charge is -2.26. The quantitative estimate of drug-likeness (QED) is 0.153. The summed E-state index contributed by atoms with van der Waals surface area (Å²) in [5.74, 6) is 1.49. The smallest absolute Gasteiger partial charge is 0.227 e. The predicted octanol–water partition coefficient (Wildman–Crippen LogP) is 7.15. The van der Waals surface area contributed by atoms with Gasteiger partial charge in [-0.2, -0.15) is 0 Å². The molecule has 232 valence electrons. The molecule has 1 aliphatic carbocycles. The number of para-hydroxylation sites is 3. The minimum absolute atomic E-state index is 0.0329. The SMILES string of the molecule is COc1ccccc1CNC(=O)CCC(=O)N(Cc1ccc2c(c1)Cc1ccccc1-2)c1ccccc1Oc1cccc(CN)c1.